The second kappa shape index (κ2) is 5.61. The summed E-state index contributed by atoms with van der Waals surface area (Å²) in [6.07, 6.45) is 1.80. The van der Waals surface area contributed by atoms with E-state index in [0.29, 0.717) is 18.4 Å². The Morgan fingerprint density at radius 3 is 2.71 bits per heavy atom. The molecule has 0 aromatic carbocycles. The molecule has 1 fully saturated rings. The van der Waals surface area contributed by atoms with E-state index >= 15 is 0 Å². The van der Waals surface area contributed by atoms with Gasteiger partial charge in [-0.2, -0.15) is 17.4 Å². The SMILES string of the molecule is C=C(C)CNS(=O)(=O)N1CCCCC1C(=O)O. The first-order valence-corrected chi connectivity index (χ1v) is 6.92. The van der Waals surface area contributed by atoms with E-state index in [1.54, 1.807) is 6.92 Å². The predicted molar refractivity (Wildman–Crippen MR) is 63.7 cm³/mol. The maximum Gasteiger partial charge on any atom is 0.322 e. The Balaban J connectivity index is 2.79. The minimum Gasteiger partial charge on any atom is -0.480 e. The molecule has 6 nitrogen and oxygen atoms in total. The van der Waals surface area contributed by atoms with E-state index < -0.39 is 22.2 Å². The molecule has 0 aromatic heterocycles. The van der Waals surface area contributed by atoms with Gasteiger partial charge in [0.25, 0.3) is 10.2 Å². The largest absolute Gasteiger partial charge is 0.480 e. The molecule has 17 heavy (non-hydrogen) atoms. The van der Waals surface area contributed by atoms with Crippen molar-refractivity contribution < 1.29 is 18.3 Å². The van der Waals surface area contributed by atoms with Crippen molar-refractivity contribution >= 4 is 16.2 Å². The first-order chi connectivity index (χ1) is 7.84. The van der Waals surface area contributed by atoms with Crippen LogP contribution in [0.3, 0.4) is 0 Å². The van der Waals surface area contributed by atoms with Crippen LogP contribution >= 0.6 is 0 Å². The van der Waals surface area contributed by atoms with Crippen LogP contribution in [0.4, 0.5) is 0 Å². The van der Waals surface area contributed by atoms with Gasteiger partial charge in [0.05, 0.1) is 0 Å². The molecule has 0 saturated carbocycles. The normalized spacial score (nSPS) is 22.3. The monoisotopic (exact) mass is 262 g/mol. The molecule has 0 radical (unpaired) electrons. The van der Waals surface area contributed by atoms with E-state index in [2.05, 4.69) is 11.3 Å². The summed E-state index contributed by atoms with van der Waals surface area (Å²) in [5, 5.41) is 9.00. The first kappa shape index (κ1) is 14.1. The molecule has 1 heterocycles. The van der Waals surface area contributed by atoms with Crippen LogP contribution in [0.15, 0.2) is 12.2 Å². The summed E-state index contributed by atoms with van der Waals surface area (Å²) in [6.45, 7) is 5.68. The zero-order valence-electron chi connectivity index (χ0n) is 9.85. The Bertz CT molecular complexity index is 405. The van der Waals surface area contributed by atoms with Crippen molar-refractivity contribution in [2.24, 2.45) is 0 Å². The second-order valence-corrected chi connectivity index (χ2v) is 5.95. The topological polar surface area (TPSA) is 86.7 Å². The minimum atomic E-state index is -3.73. The Morgan fingerprint density at radius 1 is 1.53 bits per heavy atom. The highest BCUT2D eigenvalue weighted by Gasteiger charge is 2.36. The highest BCUT2D eigenvalue weighted by molar-refractivity contribution is 7.87. The Labute approximate surface area is 101 Å². The van der Waals surface area contributed by atoms with E-state index in [-0.39, 0.29) is 13.1 Å². The lowest BCUT2D eigenvalue weighted by atomic mass is 10.1. The van der Waals surface area contributed by atoms with Crippen LogP contribution in [0.5, 0.6) is 0 Å². The molecule has 1 unspecified atom stereocenters. The molecule has 98 valence electrons. The molecule has 0 bridgehead atoms. The number of carboxylic acids is 1. The van der Waals surface area contributed by atoms with E-state index in [1.807, 2.05) is 0 Å². The standard InChI is InChI=1S/C10H18N2O4S/c1-8(2)7-11-17(15,16)12-6-4-3-5-9(12)10(13)14/h9,11H,1,3-7H2,2H3,(H,13,14). The van der Waals surface area contributed by atoms with Crippen molar-refractivity contribution in [3.63, 3.8) is 0 Å². The van der Waals surface area contributed by atoms with Crippen molar-refractivity contribution in [3.05, 3.63) is 12.2 Å². The quantitative estimate of drug-likeness (QED) is 0.699. The van der Waals surface area contributed by atoms with E-state index in [1.165, 1.54) is 0 Å². The third kappa shape index (κ3) is 3.79. The third-order valence-electron chi connectivity index (χ3n) is 2.60. The fourth-order valence-electron chi connectivity index (χ4n) is 1.74. The number of piperidine rings is 1. The fourth-order valence-corrected chi connectivity index (χ4v) is 3.23. The number of hydrogen-bond acceptors (Lipinski definition) is 3. The number of carboxylic acid groups (broad SMARTS) is 1. The van der Waals surface area contributed by atoms with Crippen LogP contribution in [-0.2, 0) is 15.0 Å². The molecule has 1 aliphatic rings. The maximum absolute atomic E-state index is 11.9. The molecule has 0 spiro atoms. The van der Waals surface area contributed by atoms with Gasteiger partial charge < -0.3 is 5.11 Å². The van der Waals surface area contributed by atoms with Crippen LogP contribution in [0, 0.1) is 0 Å². The molecule has 1 aliphatic heterocycles. The summed E-state index contributed by atoms with van der Waals surface area (Å²) in [7, 11) is -3.73. The van der Waals surface area contributed by atoms with Crippen molar-refractivity contribution in [1.29, 1.82) is 0 Å². The molecule has 7 heteroatoms. The average Bonchev–Trinajstić information content (AvgIpc) is 2.26. The molecule has 0 aliphatic carbocycles. The summed E-state index contributed by atoms with van der Waals surface area (Å²) in [5.74, 6) is -1.09. The molecular weight excluding hydrogens is 244 g/mol. The van der Waals surface area contributed by atoms with E-state index in [0.717, 1.165) is 10.7 Å². The van der Waals surface area contributed by atoms with Crippen LogP contribution in [0.25, 0.3) is 0 Å². The Hall–Kier alpha value is -0.920. The number of nitrogens with zero attached hydrogens (tertiary/aromatic N) is 1. The van der Waals surface area contributed by atoms with Gasteiger partial charge >= 0.3 is 5.97 Å². The highest BCUT2D eigenvalue weighted by Crippen LogP contribution is 2.19. The van der Waals surface area contributed by atoms with Crippen molar-refractivity contribution in [2.75, 3.05) is 13.1 Å². The summed E-state index contributed by atoms with van der Waals surface area (Å²) in [4.78, 5) is 11.0. The van der Waals surface area contributed by atoms with Crippen molar-refractivity contribution in [2.45, 2.75) is 32.2 Å². The zero-order chi connectivity index (χ0) is 13.1. The van der Waals surface area contributed by atoms with Crippen LogP contribution < -0.4 is 4.72 Å². The number of rotatable bonds is 5. The highest BCUT2D eigenvalue weighted by atomic mass is 32.2. The van der Waals surface area contributed by atoms with Gasteiger partial charge in [0.1, 0.15) is 6.04 Å². The number of carbonyl (C=O) groups is 1. The Kier molecular flexibility index (Phi) is 4.67. The second-order valence-electron chi connectivity index (χ2n) is 4.24. The molecular formula is C10H18N2O4S. The van der Waals surface area contributed by atoms with Gasteiger partial charge in [0, 0.05) is 13.1 Å². The lowest BCUT2D eigenvalue weighted by Gasteiger charge is -2.31. The van der Waals surface area contributed by atoms with Crippen LogP contribution in [0.1, 0.15) is 26.2 Å². The van der Waals surface area contributed by atoms with Gasteiger partial charge in [0.2, 0.25) is 0 Å². The predicted octanol–water partition coefficient (Wildman–Crippen LogP) is 0.336. The molecule has 0 aromatic rings. The summed E-state index contributed by atoms with van der Waals surface area (Å²) < 4.78 is 27.2. The molecule has 1 atom stereocenters. The van der Waals surface area contributed by atoms with Gasteiger partial charge in [-0.05, 0) is 26.2 Å². The maximum atomic E-state index is 11.9. The number of hydrogen-bond donors (Lipinski definition) is 2. The molecule has 2 N–H and O–H groups in total. The van der Waals surface area contributed by atoms with E-state index in [9.17, 15) is 13.2 Å². The molecule has 1 rings (SSSR count). The van der Waals surface area contributed by atoms with Gasteiger partial charge in [-0.25, -0.2) is 0 Å². The minimum absolute atomic E-state index is 0.130. The third-order valence-corrected chi connectivity index (χ3v) is 4.17. The molecule has 0 amide bonds. The van der Waals surface area contributed by atoms with Gasteiger partial charge in [-0.1, -0.05) is 12.2 Å². The Morgan fingerprint density at radius 2 is 2.18 bits per heavy atom. The van der Waals surface area contributed by atoms with Crippen LogP contribution in [0.2, 0.25) is 0 Å². The smallest absolute Gasteiger partial charge is 0.322 e. The number of aliphatic carboxylic acids is 1. The average molecular weight is 262 g/mol. The van der Waals surface area contributed by atoms with Gasteiger partial charge in [-0.15, -0.1) is 0 Å². The number of nitrogens with one attached hydrogen (secondary N) is 1. The van der Waals surface area contributed by atoms with Crippen molar-refractivity contribution in [1.82, 2.24) is 9.03 Å². The zero-order valence-corrected chi connectivity index (χ0v) is 10.7. The van der Waals surface area contributed by atoms with Crippen molar-refractivity contribution in [3.8, 4) is 0 Å². The summed E-state index contributed by atoms with van der Waals surface area (Å²) in [6, 6.07) is -0.952. The summed E-state index contributed by atoms with van der Waals surface area (Å²) in [5.41, 5.74) is 0.678. The first-order valence-electron chi connectivity index (χ1n) is 5.48. The van der Waals surface area contributed by atoms with E-state index in [4.69, 9.17) is 5.11 Å². The molecule has 1 saturated heterocycles. The van der Waals surface area contributed by atoms with Gasteiger partial charge in [-0.3, -0.25) is 4.79 Å². The summed E-state index contributed by atoms with van der Waals surface area (Å²) >= 11 is 0. The lowest BCUT2D eigenvalue weighted by molar-refractivity contribution is -0.142. The van der Waals surface area contributed by atoms with Crippen LogP contribution in [-0.4, -0.2) is 42.9 Å². The lowest BCUT2D eigenvalue weighted by Crippen LogP contribution is -2.52. The fraction of sp³-hybridized carbons (Fsp3) is 0.700. The van der Waals surface area contributed by atoms with Gasteiger partial charge in [0.15, 0.2) is 0 Å².